The average molecular weight is 393 g/mol. The first-order chi connectivity index (χ1) is 12.7. The van der Waals surface area contributed by atoms with Gasteiger partial charge in [0.2, 0.25) is 10.0 Å². The van der Waals surface area contributed by atoms with Gasteiger partial charge in [-0.05, 0) is 29.8 Å². The number of nitro groups is 1. The van der Waals surface area contributed by atoms with Gasteiger partial charge < -0.3 is 9.64 Å². The first-order valence-electron chi connectivity index (χ1n) is 8.29. The van der Waals surface area contributed by atoms with Crippen molar-refractivity contribution >= 4 is 21.4 Å². The van der Waals surface area contributed by atoms with Crippen LogP contribution in [0, 0.1) is 10.1 Å². The minimum absolute atomic E-state index is 0.121. The molecule has 146 valence electrons. The second-order valence-corrected chi connectivity index (χ2v) is 7.99. The fraction of sp³-hybridized carbons (Fsp3) is 0.333. The highest BCUT2D eigenvalue weighted by atomic mass is 32.2. The number of nitrogens with zero attached hydrogens (tertiary/aromatic N) is 3. The molecule has 9 heteroatoms. The quantitative estimate of drug-likeness (QED) is 0.506. The van der Waals surface area contributed by atoms with Gasteiger partial charge in [0.1, 0.15) is 5.75 Å². The van der Waals surface area contributed by atoms with Crippen LogP contribution in [-0.2, 0) is 16.6 Å². The molecule has 0 saturated carbocycles. The highest BCUT2D eigenvalue weighted by Crippen LogP contribution is 2.31. The average Bonchev–Trinajstić information content (AvgIpc) is 2.65. The molecule has 0 aliphatic carbocycles. The summed E-state index contributed by atoms with van der Waals surface area (Å²) in [6.07, 6.45) is 0. The molecule has 27 heavy (non-hydrogen) atoms. The van der Waals surface area contributed by atoms with E-state index < -0.39 is 20.6 Å². The number of nitro benzene ring substituents is 1. The molecule has 0 unspecified atom stereocenters. The van der Waals surface area contributed by atoms with Gasteiger partial charge in [0.25, 0.3) is 5.69 Å². The van der Waals surface area contributed by atoms with E-state index >= 15 is 0 Å². The van der Waals surface area contributed by atoms with Crippen molar-refractivity contribution in [3.05, 3.63) is 58.1 Å². The number of hydrogen-bond donors (Lipinski definition) is 0. The lowest BCUT2D eigenvalue weighted by Crippen LogP contribution is -2.31. The third-order valence-electron chi connectivity index (χ3n) is 4.14. The predicted octanol–water partition coefficient (Wildman–Crippen LogP) is 2.88. The lowest BCUT2D eigenvalue weighted by molar-refractivity contribution is -0.387. The van der Waals surface area contributed by atoms with Gasteiger partial charge in [0.15, 0.2) is 4.90 Å². The Bertz CT molecular complexity index is 911. The molecule has 0 radical (unpaired) electrons. The molecule has 0 fully saturated rings. The Morgan fingerprint density at radius 1 is 1.11 bits per heavy atom. The van der Waals surface area contributed by atoms with Crippen LogP contribution < -0.4 is 9.64 Å². The van der Waals surface area contributed by atoms with E-state index in [1.54, 1.807) is 6.92 Å². The van der Waals surface area contributed by atoms with Crippen LogP contribution in [0.25, 0.3) is 0 Å². The predicted molar refractivity (Wildman–Crippen MR) is 104 cm³/mol. The van der Waals surface area contributed by atoms with Crippen LogP contribution in [0.5, 0.6) is 5.75 Å². The standard InChI is InChI=1S/C18H23N3O5S/c1-5-20(13-14-6-8-15(9-7-14)19(2)3)27(24,25)18-11-10-16(26-4)12-17(18)21(22)23/h6-12H,5,13H2,1-4H3. The third kappa shape index (κ3) is 4.55. The summed E-state index contributed by atoms with van der Waals surface area (Å²) in [5.74, 6) is 0.225. The van der Waals surface area contributed by atoms with Gasteiger partial charge >= 0.3 is 0 Å². The number of benzene rings is 2. The fourth-order valence-electron chi connectivity index (χ4n) is 2.59. The summed E-state index contributed by atoms with van der Waals surface area (Å²) in [6, 6.07) is 11.2. The summed E-state index contributed by atoms with van der Waals surface area (Å²) in [7, 11) is 1.15. The number of methoxy groups -OCH3 is 1. The van der Waals surface area contributed by atoms with Crippen molar-refractivity contribution < 1.29 is 18.1 Å². The Kier molecular flexibility index (Phi) is 6.40. The van der Waals surface area contributed by atoms with Crippen LogP contribution in [0.15, 0.2) is 47.4 Å². The van der Waals surface area contributed by atoms with Gasteiger partial charge in [-0.3, -0.25) is 10.1 Å². The van der Waals surface area contributed by atoms with Gasteiger partial charge in [-0.1, -0.05) is 19.1 Å². The van der Waals surface area contributed by atoms with Crippen LogP contribution >= 0.6 is 0 Å². The summed E-state index contributed by atoms with van der Waals surface area (Å²) in [6.45, 7) is 2.00. The van der Waals surface area contributed by atoms with Crippen molar-refractivity contribution in [2.75, 3.05) is 32.6 Å². The van der Waals surface area contributed by atoms with Crippen LogP contribution in [0.1, 0.15) is 12.5 Å². The van der Waals surface area contributed by atoms with Gasteiger partial charge in [0.05, 0.1) is 18.1 Å². The zero-order valence-corrected chi connectivity index (χ0v) is 16.6. The van der Waals surface area contributed by atoms with Crippen LogP contribution in [0.2, 0.25) is 0 Å². The van der Waals surface area contributed by atoms with E-state index in [2.05, 4.69) is 0 Å². The normalized spacial score (nSPS) is 11.4. The van der Waals surface area contributed by atoms with E-state index in [1.165, 1.54) is 23.5 Å². The summed E-state index contributed by atoms with van der Waals surface area (Å²) >= 11 is 0. The second kappa shape index (κ2) is 8.36. The molecule has 2 rings (SSSR count). The molecule has 2 aromatic rings. The van der Waals surface area contributed by atoms with E-state index in [-0.39, 0.29) is 23.7 Å². The highest BCUT2D eigenvalue weighted by molar-refractivity contribution is 7.89. The van der Waals surface area contributed by atoms with Crippen LogP contribution in [0.3, 0.4) is 0 Å². The molecule has 0 aliphatic rings. The molecule has 0 N–H and O–H groups in total. The van der Waals surface area contributed by atoms with Gasteiger partial charge in [-0.25, -0.2) is 8.42 Å². The number of rotatable bonds is 8. The van der Waals surface area contributed by atoms with Crippen molar-refractivity contribution in [3.63, 3.8) is 0 Å². The Balaban J connectivity index is 2.39. The van der Waals surface area contributed by atoms with Crippen molar-refractivity contribution in [1.29, 1.82) is 0 Å². The molecule has 0 bridgehead atoms. The number of hydrogen-bond acceptors (Lipinski definition) is 6. The van der Waals surface area contributed by atoms with E-state index in [0.717, 1.165) is 17.3 Å². The molecule has 0 spiro atoms. The smallest absolute Gasteiger partial charge is 0.293 e. The van der Waals surface area contributed by atoms with Gasteiger partial charge in [0, 0.05) is 32.9 Å². The van der Waals surface area contributed by atoms with E-state index in [0.29, 0.717) is 0 Å². The molecule has 0 aliphatic heterocycles. The van der Waals surface area contributed by atoms with E-state index in [9.17, 15) is 18.5 Å². The molecule has 2 aromatic carbocycles. The Labute approximate surface area is 159 Å². The maximum absolute atomic E-state index is 13.0. The Morgan fingerprint density at radius 2 is 1.74 bits per heavy atom. The van der Waals surface area contributed by atoms with E-state index in [1.807, 2.05) is 43.3 Å². The molecule has 0 heterocycles. The summed E-state index contributed by atoms with van der Waals surface area (Å²) in [4.78, 5) is 12.3. The zero-order chi connectivity index (χ0) is 20.2. The number of ether oxygens (including phenoxy) is 1. The minimum Gasteiger partial charge on any atom is -0.497 e. The lowest BCUT2D eigenvalue weighted by atomic mass is 10.2. The van der Waals surface area contributed by atoms with Crippen molar-refractivity contribution in [2.24, 2.45) is 0 Å². The summed E-state index contributed by atoms with van der Waals surface area (Å²) in [5.41, 5.74) is 1.29. The van der Waals surface area contributed by atoms with Crippen LogP contribution in [0.4, 0.5) is 11.4 Å². The Morgan fingerprint density at radius 3 is 2.22 bits per heavy atom. The maximum atomic E-state index is 13.0. The SMILES string of the molecule is CCN(Cc1ccc(N(C)C)cc1)S(=O)(=O)c1ccc(OC)cc1[N+](=O)[O-]. The van der Waals surface area contributed by atoms with E-state index in [4.69, 9.17) is 4.74 Å². The molecule has 8 nitrogen and oxygen atoms in total. The van der Waals surface area contributed by atoms with Gasteiger partial charge in [-0.15, -0.1) is 0 Å². The monoisotopic (exact) mass is 393 g/mol. The van der Waals surface area contributed by atoms with Gasteiger partial charge in [-0.2, -0.15) is 4.31 Å². The zero-order valence-electron chi connectivity index (χ0n) is 15.7. The number of sulfonamides is 1. The van der Waals surface area contributed by atoms with Crippen molar-refractivity contribution in [1.82, 2.24) is 4.31 Å². The molecule has 0 amide bonds. The third-order valence-corrected chi connectivity index (χ3v) is 6.11. The second-order valence-electron chi connectivity index (χ2n) is 6.08. The molecule has 0 saturated heterocycles. The molecular weight excluding hydrogens is 370 g/mol. The molecule has 0 atom stereocenters. The molecule has 0 aromatic heterocycles. The summed E-state index contributed by atoms with van der Waals surface area (Å²) in [5, 5.41) is 11.4. The first kappa shape index (κ1) is 20.7. The first-order valence-corrected chi connectivity index (χ1v) is 9.73. The Hall–Kier alpha value is -2.65. The topological polar surface area (TPSA) is 93.0 Å². The van der Waals surface area contributed by atoms with Crippen molar-refractivity contribution in [3.8, 4) is 5.75 Å². The number of anilines is 1. The largest absolute Gasteiger partial charge is 0.497 e. The lowest BCUT2D eigenvalue weighted by Gasteiger charge is -2.21. The minimum atomic E-state index is -4.05. The van der Waals surface area contributed by atoms with Crippen molar-refractivity contribution in [2.45, 2.75) is 18.4 Å². The summed E-state index contributed by atoms with van der Waals surface area (Å²) < 4.78 is 32.3. The highest BCUT2D eigenvalue weighted by Gasteiger charge is 2.31. The van der Waals surface area contributed by atoms with Crippen LogP contribution in [-0.4, -0.2) is 45.4 Å². The maximum Gasteiger partial charge on any atom is 0.293 e. The molecular formula is C18H23N3O5S. The fourth-order valence-corrected chi connectivity index (χ4v) is 4.17.